The third kappa shape index (κ3) is 2.19. The predicted molar refractivity (Wildman–Crippen MR) is 69.7 cm³/mol. The zero-order valence-electron chi connectivity index (χ0n) is 10.9. The topological polar surface area (TPSA) is 47.6 Å². The van der Waals surface area contributed by atoms with Crippen LogP contribution in [0, 0.1) is 0 Å². The van der Waals surface area contributed by atoms with Gasteiger partial charge in [0, 0.05) is 30.5 Å². The van der Waals surface area contributed by atoms with Crippen molar-refractivity contribution < 1.29 is 4.79 Å². The van der Waals surface area contributed by atoms with Crippen LogP contribution in [-0.4, -0.2) is 47.7 Å². The van der Waals surface area contributed by atoms with E-state index < -0.39 is 0 Å². The molecule has 0 aromatic carbocycles. The van der Waals surface area contributed by atoms with Crippen molar-refractivity contribution in [3.05, 3.63) is 12.4 Å². The molecule has 2 amide bonds. The van der Waals surface area contributed by atoms with Crippen molar-refractivity contribution >= 4 is 6.03 Å². The van der Waals surface area contributed by atoms with E-state index in [0.717, 1.165) is 12.8 Å². The molecule has 0 aliphatic carbocycles. The van der Waals surface area contributed by atoms with Crippen LogP contribution >= 0.6 is 0 Å². The number of urea groups is 1. The van der Waals surface area contributed by atoms with E-state index in [-0.39, 0.29) is 6.03 Å². The summed E-state index contributed by atoms with van der Waals surface area (Å²) in [6.07, 6.45) is 9.72. The van der Waals surface area contributed by atoms with E-state index in [9.17, 15) is 4.79 Å². The number of carbonyl (C=O) groups excluding carboxylic acids is 1. The summed E-state index contributed by atoms with van der Waals surface area (Å²) in [4.78, 5) is 16.2. The first-order chi connectivity index (χ1) is 8.74. The van der Waals surface area contributed by atoms with Gasteiger partial charge in [0.25, 0.3) is 0 Å². The van der Waals surface area contributed by atoms with Gasteiger partial charge in [0.05, 0.1) is 6.67 Å². The summed E-state index contributed by atoms with van der Waals surface area (Å²) in [5.41, 5.74) is 0. The number of hydrogen-bond donors (Lipinski definition) is 2. The van der Waals surface area contributed by atoms with Crippen molar-refractivity contribution in [3.63, 3.8) is 0 Å². The summed E-state index contributed by atoms with van der Waals surface area (Å²) in [5, 5.41) is 6.19. The van der Waals surface area contributed by atoms with E-state index in [1.807, 2.05) is 6.20 Å². The highest BCUT2D eigenvalue weighted by molar-refractivity contribution is 5.75. The normalized spacial score (nSPS) is 35.4. The number of carbonyl (C=O) groups is 1. The van der Waals surface area contributed by atoms with Crippen LogP contribution in [-0.2, 0) is 0 Å². The van der Waals surface area contributed by atoms with E-state index in [2.05, 4.69) is 22.6 Å². The minimum atomic E-state index is 0.0314. The fraction of sp³-hybridized carbons (Fsp3) is 0.769. The SMILES string of the molecule is CN1C2CCCC1CC(NC(=O)N1C=CNC1)C2. The number of rotatable bonds is 1. The molecule has 2 saturated heterocycles. The largest absolute Gasteiger partial charge is 0.372 e. The molecule has 0 aromatic heterocycles. The lowest BCUT2D eigenvalue weighted by Gasteiger charge is -2.47. The predicted octanol–water partition coefficient (Wildman–Crippen LogP) is 1.05. The second kappa shape index (κ2) is 4.80. The molecule has 100 valence electrons. The Morgan fingerprint density at radius 2 is 2.06 bits per heavy atom. The Morgan fingerprint density at radius 1 is 1.33 bits per heavy atom. The van der Waals surface area contributed by atoms with Gasteiger partial charge in [-0.3, -0.25) is 4.90 Å². The lowest BCUT2D eigenvalue weighted by Crippen LogP contribution is -2.56. The van der Waals surface area contributed by atoms with Crippen LogP contribution in [0.5, 0.6) is 0 Å². The molecule has 2 bridgehead atoms. The highest BCUT2D eigenvalue weighted by Crippen LogP contribution is 2.32. The number of hydrogen-bond acceptors (Lipinski definition) is 3. The Balaban J connectivity index is 1.57. The van der Waals surface area contributed by atoms with Gasteiger partial charge < -0.3 is 15.5 Å². The zero-order valence-corrected chi connectivity index (χ0v) is 10.9. The molecular formula is C13H22N4O. The average molecular weight is 250 g/mol. The molecule has 3 aliphatic heterocycles. The quantitative estimate of drug-likeness (QED) is 0.731. The Labute approximate surface area is 108 Å². The van der Waals surface area contributed by atoms with Crippen LogP contribution in [0.25, 0.3) is 0 Å². The Bertz CT molecular complexity index is 343. The van der Waals surface area contributed by atoms with Gasteiger partial charge in [-0.15, -0.1) is 0 Å². The Hall–Kier alpha value is -1.23. The molecular weight excluding hydrogens is 228 g/mol. The van der Waals surface area contributed by atoms with Crippen LogP contribution in [0.1, 0.15) is 32.1 Å². The van der Waals surface area contributed by atoms with Gasteiger partial charge in [-0.2, -0.15) is 0 Å². The molecule has 5 heteroatoms. The lowest BCUT2D eigenvalue weighted by atomic mass is 9.82. The summed E-state index contributed by atoms with van der Waals surface area (Å²) in [6.45, 7) is 0.589. The molecule has 2 atom stereocenters. The van der Waals surface area contributed by atoms with Crippen molar-refractivity contribution in [2.75, 3.05) is 13.7 Å². The summed E-state index contributed by atoms with van der Waals surface area (Å²) >= 11 is 0. The molecule has 3 rings (SSSR count). The van der Waals surface area contributed by atoms with Gasteiger partial charge in [0.1, 0.15) is 0 Å². The van der Waals surface area contributed by atoms with Crippen molar-refractivity contribution in [2.24, 2.45) is 0 Å². The van der Waals surface area contributed by atoms with E-state index in [1.165, 1.54) is 19.3 Å². The molecule has 3 aliphatic rings. The smallest absolute Gasteiger partial charge is 0.323 e. The minimum Gasteiger partial charge on any atom is -0.372 e. The van der Waals surface area contributed by atoms with Gasteiger partial charge >= 0.3 is 6.03 Å². The summed E-state index contributed by atoms with van der Waals surface area (Å²) in [7, 11) is 2.24. The van der Waals surface area contributed by atoms with Crippen molar-refractivity contribution in [2.45, 2.75) is 50.2 Å². The van der Waals surface area contributed by atoms with Gasteiger partial charge in [-0.25, -0.2) is 4.79 Å². The van der Waals surface area contributed by atoms with Crippen LogP contribution in [0.15, 0.2) is 12.4 Å². The molecule has 0 radical (unpaired) electrons. The fourth-order valence-corrected chi connectivity index (χ4v) is 3.48. The van der Waals surface area contributed by atoms with E-state index in [0.29, 0.717) is 24.8 Å². The third-order valence-corrected chi connectivity index (χ3v) is 4.56. The minimum absolute atomic E-state index is 0.0314. The second-order valence-corrected chi connectivity index (χ2v) is 5.67. The van der Waals surface area contributed by atoms with Gasteiger partial charge in [0.15, 0.2) is 0 Å². The number of nitrogens with one attached hydrogen (secondary N) is 2. The van der Waals surface area contributed by atoms with Crippen molar-refractivity contribution in [3.8, 4) is 0 Å². The first-order valence-corrected chi connectivity index (χ1v) is 6.93. The highest BCUT2D eigenvalue weighted by Gasteiger charge is 2.36. The standard InChI is InChI=1S/C13H22N4O/c1-16-11-3-2-4-12(16)8-10(7-11)15-13(18)17-6-5-14-9-17/h5-6,10-12,14H,2-4,7-9H2,1H3,(H,15,18). The van der Waals surface area contributed by atoms with Crippen LogP contribution in [0.4, 0.5) is 4.79 Å². The first-order valence-electron chi connectivity index (χ1n) is 6.93. The maximum absolute atomic E-state index is 12.0. The van der Waals surface area contributed by atoms with E-state index in [1.54, 1.807) is 11.1 Å². The zero-order chi connectivity index (χ0) is 12.5. The average Bonchev–Trinajstić information content (AvgIpc) is 2.84. The van der Waals surface area contributed by atoms with Crippen molar-refractivity contribution in [1.82, 2.24) is 20.4 Å². The van der Waals surface area contributed by atoms with Gasteiger partial charge in [0.2, 0.25) is 0 Å². The molecule has 0 spiro atoms. The fourth-order valence-electron chi connectivity index (χ4n) is 3.48. The third-order valence-electron chi connectivity index (χ3n) is 4.56. The number of nitrogens with zero attached hydrogens (tertiary/aromatic N) is 2. The summed E-state index contributed by atoms with van der Waals surface area (Å²) < 4.78 is 0. The molecule has 2 unspecified atom stereocenters. The number of fused-ring (bicyclic) bond motifs is 2. The molecule has 0 aromatic rings. The highest BCUT2D eigenvalue weighted by atomic mass is 16.2. The van der Waals surface area contributed by atoms with E-state index in [4.69, 9.17) is 0 Å². The molecule has 2 fully saturated rings. The lowest BCUT2D eigenvalue weighted by molar-refractivity contribution is 0.0500. The molecule has 3 heterocycles. The maximum atomic E-state index is 12.0. The Morgan fingerprint density at radius 3 is 2.67 bits per heavy atom. The summed E-state index contributed by atoms with van der Waals surface area (Å²) in [5.74, 6) is 0. The first kappa shape index (κ1) is 11.8. The number of piperidine rings is 2. The molecule has 2 N–H and O–H groups in total. The maximum Gasteiger partial charge on any atom is 0.323 e. The molecule has 0 saturated carbocycles. The van der Waals surface area contributed by atoms with E-state index >= 15 is 0 Å². The molecule has 5 nitrogen and oxygen atoms in total. The van der Waals surface area contributed by atoms with Gasteiger partial charge in [-0.1, -0.05) is 6.42 Å². The second-order valence-electron chi connectivity index (χ2n) is 5.67. The molecule has 18 heavy (non-hydrogen) atoms. The van der Waals surface area contributed by atoms with Crippen LogP contribution < -0.4 is 10.6 Å². The van der Waals surface area contributed by atoms with Crippen molar-refractivity contribution in [1.29, 1.82) is 0 Å². The van der Waals surface area contributed by atoms with Crippen LogP contribution in [0.2, 0.25) is 0 Å². The van der Waals surface area contributed by atoms with Crippen LogP contribution in [0.3, 0.4) is 0 Å². The number of amides is 2. The summed E-state index contributed by atoms with van der Waals surface area (Å²) in [6, 6.07) is 1.70. The van der Waals surface area contributed by atoms with Gasteiger partial charge in [-0.05, 0) is 32.7 Å². The monoisotopic (exact) mass is 250 g/mol. The Kier molecular flexibility index (Phi) is 3.16.